The topological polar surface area (TPSA) is 38.0 Å². The summed E-state index contributed by atoms with van der Waals surface area (Å²) in [7, 11) is 0. The SMILES string of the molecule is NNC(Cc1c(F)cccc1Cl)c1ccc(Cl)c(Br)c1. The molecule has 0 aliphatic heterocycles. The van der Waals surface area contributed by atoms with Crippen LogP contribution in [0, 0.1) is 5.82 Å². The Labute approximate surface area is 135 Å². The van der Waals surface area contributed by atoms with Crippen LogP contribution in [0.15, 0.2) is 40.9 Å². The molecule has 2 aromatic rings. The summed E-state index contributed by atoms with van der Waals surface area (Å²) >= 11 is 15.4. The highest BCUT2D eigenvalue weighted by Gasteiger charge is 2.16. The minimum absolute atomic E-state index is 0.266. The fraction of sp³-hybridized carbons (Fsp3) is 0.143. The highest BCUT2D eigenvalue weighted by Crippen LogP contribution is 2.29. The molecule has 0 aromatic heterocycles. The van der Waals surface area contributed by atoms with Gasteiger partial charge in [-0.2, -0.15) is 0 Å². The highest BCUT2D eigenvalue weighted by molar-refractivity contribution is 9.10. The second-order valence-electron chi connectivity index (χ2n) is 4.30. The molecule has 1 unspecified atom stereocenters. The molecule has 0 aliphatic rings. The molecule has 2 nitrogen and oxygen atoms in total. The summed E-state index contributed by atoms with van der Waals surface area (Å²) in [5.41, 5.74) is 4.00. The van der Waals surface area contributed by atoms with E-state index in [2.05, 4.69) is 21.4 Å². The molecule has 0 heterocycles. The molecule has 6 heteroatoms. The van der Waals surface area contributed by atoms with E-state index in [9.17, 15) is 4.39 Å². The molecule has 0 spiro atoms. The predicted octanol–water partition coefficient (Wildman–Crippen LogP) is 4.64. The van der Waals surface area contributed by atoms with Gasteiger partial charge in [-0.05, 0) is 52.2 Å². The van der Waals surface area contributed by atoms with Gasteiger partial charge in [0, 0.05) is 15.1 Å². The van der Waals surface area contributed by atoms with Gasteiger partial charge in [-0.15, -0.1) is 0 Å². The van der Waals surface area contributed by atoms with Gasteiger partial charge in [0.05, 0.1) is 11.1 Å². The lowest BCUT2D eigenvalue weighted by atomic mass is 9.99. The average molecular weight is 378 g/mol. The lowest BCUT2D eigenvalue weighted by molar-refractivity contribution is 0.529. The van der Waals surface area contributed by atoms with Crippen molar-refractivity contribution < 1.29 is 4.39 Å². The molecule has 0 amide bonds. The number of rotatable bonds is 4. The summed E-state index contributed by atoms with van der Waals surface area (Å²) in [6, 6.07) is 9.79. The van der Waals surface area contributed by atoms with E-state index in [1.54, 1.807) is 18.2 Å². The molecule has 2 rings (SSSR count). The molecular formula is C14H12BrCl2FN2. The zero-order valence-corrected chi connectivity index (χ0v) is 13.4. The van der Waals surface area contributed by atoms with Crippen LogP contribution >= 0.6 is 39.1 Å². The molecule has 0 bridgehead atoms. The van der Waals surface area contributed by atoms with E-state index < -0.39 is 0 Å². The maximum atomic E-state index is 13.8. The van der Waals surface area contributed by atoms with Crippen molar-refractivity contribution in [2.45, 2.75) is 12.5 Å². The smallest absolute Gasteiger partial charge is 0.127 e. The number of hydrogen-bond donors (Lipinski definition) is 2. The standard InChI is InChI=1S/C14H12BrCl2FN2/c15-10-6-8(4-5-12(10)17)14(20-19)7-9-11(16)2-1-3-13(9)18/h1-6,14,20H,7,19H2. The zero-order chi connectivity index (χ0) is 14.7. The van der Waals surface area contributed by atoms with Crippen molar-refractivity contribution in [1.82, 2.24) is 5.43 Å². The van der Waals surface area contributed by atoms with Crippen LogP contribution in [0.4, 0.5) is 4.39 Å². The first kappa shape index (κ1) is 15.7. The summed E-state index contributed by atoms with van der Waals surface area (Å²) in [5.74, 6) is 5.24. The Kier molecular flexibility index (Phi) is 5.41. The number of nitrogens with two attached hydrogens (primary N) is 1. The Hall–Kier alpha value is -0.650. The van der Waals surface area contributed by atoms with Gasteiger partial charge >= 0.3 is 0 Å². The number of hydrazine groups is 1. The van der Waals surface area contributed by atoms with Crippen LogP contribution in [-0.4, -0.2) is 0 Å². The van der Waals surface area contributed by atoms with E-state index in [4.69, 9.17) is 29.0 Å². The summed E-state index contributed by atoms with van der Waals surface area (Å²) in [6.07, 6.45) is 0.343. The number of nitrogens with one attached hydrogen (secondary N) is 1. The highest BCUT2D eigenvalue weighted by atomic mass is 79.9. The van der Waals surface area contributed by atoms with Gasteiger partial charge < -0.3 is 0 Å². The van der Waals surface area contributed by atoms with Gasteiger partial charge in [-0.3, -0.25) is 11.3 Å². The minimum atomic E-state index is -0.342. The molecule has 106 valence electrons. The van der Waals surface area contributed by atoms with Gasteiger partial charge in [0.15, 0.2) is 0 Å². The summed E-state index contributed by atoms with van der Waals surface area (Å²) in [6.45, 7) is 0. The Morgan fingerprint density at radius 2 is 1.95 bits per heavy atom. The molecular weight excluding hydrogens is 366 g/mol. The first-order chi connectivity index (χ1) is 9.52. The van der Waals surface area contributed by atoms with E-state index in [0.717, 1.165) is 10.0 Å². The molecule has 3 N–H and O–H groups in total. The van der Waals surface area contributed by atoms with E-state index >= 15 is 0 Å². The van der Waals surface area contributed by atoms with Crippen molar-refractivity contribution in [2.75, 3.05) is 0 Å². The third kappa shape index (κ3) is 3.51. The Balaban J connectivity index is 2.31. The predicted molar refractivity (Wildman–Crippen MR) is 84.3 cm³/mol. The van der Waals surface area contributed by atoms with Crippen molar-refractivity contribution in [3.63, 3.8) is 0 Å². The fourth-order valence-corrected chi connectivity index (χ4v) is 2.69. The molecule has 0 aliphatic carbocycles. The van der Waals surface area contributed by atoms with Crippen LogP contribution in [0.2, 0.25) is 10.0 Å². The lowest BCUT2D eigenvalue weighted by Crippen LogP contribution is -2.30. The fourth-order valence-electron chi connectivity index (χ4n) is 1.93. The van der Waals surface area contributed by atoms with Crippen LogP contribution in [0.25, 0.3) is 0 Å². The number of halogens is 4. The van der Waals surface area contributed by atoms with E-state index in [1.165, 1.54) is 6.07 Å². The van der Waals surface area contributed by atoms with Crippen LogP contribution in [-0.2, 0) is 6.42 Å². The van der Waals surface area contributed by atoms with Crippen LogP contribution in [0.5, 0.6) is 0 Å². The van der Waals surface area contributed by atoms with Gasteiger partial charge in [0.2, 0.25) is 0 Å². The molecule has 2 aromatic carbocycles. The van der Waals surface area contributed by atoms with Gasteiger partial charge in [-0.25, -0.2) is 4.39 Å². The zero-order valence-electron chi connectivity index (χ0n) is 10.3. The van der Waals surface area contributed by atoms with Crippen molar-refractivity contribution in [3.8, 4) is 0 Å². The van der Waals surface area contributed by atoms with Crippen molar-refractivity contribution >= 4 is 39.1 Å². The summed E-state index contributed by atoms with van der Waals surface area (Å²) in [4.78, 5) is 0. The monoisotopic (exact) mass is 376 g/mol. The van der Waals surface area contributed by atoms with E-state index in [0.29, 0.717) is 22.0 Å². The van der Waals surface area contributed by atoms with Crippen LogP contribution in [0.1, 0.15) is 17.2 Å². The van der Waals surface area contributed by atoms with Crippen molar-refractivity contribution in [3.05, 3.63) is 67.9 Å². The number of hydrogen-bond acceptors (Lipinski definition) is 2. The molecule has 0 saturated heterocycles. The first-order valence-corrected chi connectivity index (χ1v) is 7.41. The Bertz CT molecular complexity index is 602. The first-order valence-electron chi connectivity index (χ1n) is 5.87. The largest absolute Gasteiger partial charge is 0.271 e. The molecule has 0 radical (unpaired) electrons. The average Bonchev–Trinajstić information content (AvgIpc) is 2.42. The van der Waals surface area contributed by atoms with Crippen molar-refractivity contribution in [2.24, 2.45) is 5.84 Å². The van der Waals surface area contributed by atoms with Crippen molar-refractivity contribution in [1.29, 1.82) is 0 Å². The minimum Gasteiger partial charge on any atom is -0.271 e. The maximum Gasteiger partial charge on any atom is 0.127 e. The van der Waals surface area contributed by atoms with E-state index in [1.807, 2.05) is 12.1 Å². The van der Waals surface area contributed by atoms with E-state index in [-0.39, 0.29) is 11.9 Å². The Morgan fingerprint density at radius 1 is 1.20 bits per heavy atom. The third-order valence-corrected chi connectivity index (χ3v) is 4.59. The molecule has 1 atom stereocenters. The Morgan fingerprint density at radius 3 is 2.55 bits per heavy atom. The molecule has 0 fully saturated rings. The van der Waals surface area contributed by atoms with Gasteiger partial charge in [-0.1, -0.05) is 35.3 Å². The molecule has 20 heavy (non-hydrogen) atoms. The third-order valence-electron chi connectivity index (χ3n) is 3.02. The maximum absolute atomic E-state index is 13.8. The second-order valence-corrected chi connectivity index (χ2v) is 5.97. The lowest BCUT2D eigenvalue weighted by Gasteiger charge is -2.18. The van der Waals surface area contributed by atoms with Gasteiger partial charge in [0.1, 0.15) is 5.82 Å². The quantitative estimate of drug-likeness (QED) is 0.601. The number of benzene rings is 2. The van der Waals surface area contributed by atoms with Gasteiger partial charge in [0.25, 0.3) is 0 Å². The van der Waals surface area contributed by atoms with Crippen LogP contribution < -0.4 is 11.3 Å². The molecule has 0 saturated carbocycles. The summed E-state index contributed by atoms with van der Waals surface area (Å²) in [5, 5.41) is 0.992. The summed E-state index contributed by atoms with van der Waals surface area (Å²) < 4.78 is 14.6. The normalized spacial score (nSPS) is 12.4. The second kappa shape index (κ2) is 6.87. The van der Waals surface area contributed by atoms with Crippen LogP contribution in [0.3, 0.4) is 0 Å².